The average Bonchev–Trinajstić information content (AvgIpc) is 2.84. The van der Waals surface area contributed by atoms with Gasteiger partial charge in [-0.2, -0.15) is 0 Å². The van der Waals surface area contributed by atoms with E-state index in [2.05, 4.69) is 15.6 Å². The topological polar surface area (TPSA) is 141 Å². The second-order valence-corrected chi connectivity index (χ2v) is 7.60. The van der Waals surface area contributed by atoms with Gasteiger partial charge in [0.2, 0.25) is 5.91 Å². The summed E-state index contributed by atoms with van der Waals surface area (Å²) in [6.07, 6.45) is 0.103. The first kappa shape index (κ1) is 27.3. The number of rotatable bonds is 10. The maximum atomic E-state index is 13.1. The van der Waals surface area contributed by atoms with E-state index in [0.717, 1.165) is 16.3 Å². The van der Waals surface area contributed by atoms with E-state index < -0.39 is 18.0 Å². The number of methoxy groups -OCH3 is 1. The van der Waals surface area contributed by atoms with Crippen LogP contribution in [0.2, 0.25) is 0 Å². The average molecular weight is 500 g/mol. The first-order valence-electron chi connectivity index (χ1n) is 10.9. The zero-order valence-corrected chi connectivity index (χ0v) is 20.2. The summed E-state index contributed by atoms with van der Waals surface area (Å²) in [5, 5.41) is 7.35. The highest BCUT2D eigenvalue weighted by atomic mass is 35.5. The van der Waals surface area contributed by atoms with Crippen LogP contribution in [-0.2, 0) is 16.1 Å². The van der Waals surface area contributed by atoms with Gasteiger partial charge in [-0.15, -0.1) is 12.4 Å². The number of carbonyl (C=O) groups is 2. The van der Waals surface area contributed by atoms with Gasteiger partial charge in [-0.05, 0) is 29.9 Å². The number of aliphatic imine (C=N–C) groups is 1. The highest BCUT2D eigenvalue weighted by Crippen LogP contribution is 2.29. The van der Waals surface area contributed by atoms with Crippen LogP contribution in [0.25, 0.3) is 10.8 Å². The van der Waals surface area contributed by atoms with Crippen molar-refractivity contribution in [3.8, 4) is 5.75 Å². The van der Waals surface area contributed by atoms with Crippen LogP contribution in [0.3, 0.4) is 0 Å². The number of nitrogens with zero attached hydrogens (tertiary/aromatic N) is 1. The Hall–Kier alpha value is -3.98. The molecule has 0 bridgehead atoms. The summed E-state index contributed by atoms with van der Waals surface area (Å²) in [5.41, 5.74) is 12.1. The zero-order chi connectivity index (χ0) is 24.3. The van der Waals surface area contributed by atoms with Crippen LogP contribution in [0, 0.1) is 0 Å². The number of fused-ring (bicyclic) bond motifs is 1. The molecule has 0 saturated heterocycles. The Morgan fingerprint density at radius 1 is 1.03 bits per heavy atom. The second-order valence-electron chi connectivity index (χ2n) is 7.60. The molecule has 0 fully saturated rings. The van der Waals surface area contributed by atoms with Crippen LogP contribution >= 0.6 is 12.4 Å². The molecule has 0 aliphatic carbocycles. The molecule has 0 aromatic heterocycles. The molecule has 0 aliphatic rings. The van der Waals surface area contributed by atoms with Gasteiger partial charge in [-0.1, -0.05) is 54.6 Å². The SMILES string of the molecule is COc1cc(NC(=O)C(CCCN=C(N)N)NC(=O)OCc2ccccc2)cc2ccccc12.Cl. The number of halogens is 1. The number of hydrogen-bond donors (Lipinski definition) is 4. The fourth-order valence-electron chi connectivity index (χ4n) is 3.43. The molecular weight excluding hydrogens is 470 g/mol. The Bertz CT molecular complexity index is 1150. The van der Waals surface area contributed by atoms with Crippen LogP contribution in [0.1, 0.15) is 18.4 Å². The Kier molecular flexibility index (Phi) is 10.6. The minimum atomic E-state index is -0.852. The number of anilines is 1. The summed E-state index contributed by atoms with van der Waals surface area (Å²) in [6.45, 7) is 0.424. The Balaban J connectivity index is 0.00000432. The third kappa shape index (κ3) is 8.38. The van der Waals surface area contributed by atoms with Crippen molar-refractivity contribution in [3.63, 3.8) is 0 Å². The van der Waals surface area contributed by atoms with Crippen molar-refractivity contribution in [3.05, 3.63) is 72.3 Å². The fraction of sp³-hybridized carbons (Fsp3) is 0.240. The summed E-state index contributed by atoms with van der Waals surface area (Å²) >= 11 is 0. The van der Waals surface area contributed by atoms with Crippen molar-refractivity contribution in [2.75, 3.05) is 19.0 Å². The smallest absolute Gasteiger partial charge is 0.408 e. The summed E-state index contributed by atoms with van der Waals surface area (Å²) in [7, 11) is 1.57. The van der Waals surface area contributed by atoms with Crippen LogP contribution in [0.15, 0.2) is 71.7 Å². The van der Waals surface area contributed by atoms with Gasteiger partial charge in [-0.25, -0.2) is 4.79 Å². The van der Waals surface area contributed by atoms with Crippen molar-refractivity contribution >= 4 is 46.8 Å². The maximum Gasteiger partial charge on any atom is 0.408 e. The van der Waals surface area contributed by atoms with Gasteiger partial charge in [0.05, 0.1) is 7.11 Å². The van der Waals surface area contributed by atoms with E-state index in [1.165, 1.54) is 0 Å². The number of benzene rings is 3. The van der Waals surface area contributed by atoms with E-state index in [1.54, 1.807) is 13.2 Å². The lowest BCUT2D eigenvalue weighted by molar-refractivity contribution is -0.118. The van der Waals surface area contributed by atoms with E-state index in [4.69, 9.17) is 20.9 Å². The number of amides is 2. The fourth-order valence-corrected chi connectivity index (χ4v) is 3.43. The van der Waals surface area contributed by atoms with Crippen molar-refractivity contribution in [1.29, 1.82) is 0 Å². The normalized spacial score (nSPS) is 11.0. The molecule has 2 amide bonds. The number of hydrogen-bond acceptors (Lipinski definition) is 5. The van der Waals surface area contributed by atoms with Gasteiger partial charge in [-0.3, -0.25) is 9.79 Å². The lowest BCUT2D eigenvalue weighted by Crippen LogP contribution is -2.44. The second kappa shape index (κ2) is 13.7. The molecule has 0 spiro atoms. The van der Waals surface area contributed by atoms with Crippen LogP contribution in [0.5, 0.6) is 5.75 Å². The number of carbonyl (C=O) groups excluding carboxylic acids is 2. The zero-order valence-electron chi connectivity index (χ0n) is 19.4. The van der Waals surface area contributed by atoms with Gasteiger partial charge in [0.1, 0.15) is 18.4 Å². The number of ether oxygens (including phenoxy) is 2. The molecule has 0 aliphatic heterocycles. The number of nitrogens with one attached hydrogen (secondary N) is 2. The van der Waals surface area contributed by atoms with Gasteiger partial charge < -0.3 is 31.6 Å². The molecule has 10 heteroatoms. The summed E-state index contributed by atoms with van der Waals surface area (Å²) in [6, 6.07) is 19.7. The highest BCUT2D eigenvalue weighted by molar-refractivity contribution is 6.00. The van der Waals surface area contributed by atoms with Crippen molar-refractivity contribution < 1.29 is 19.1 Å². The van der Waals surface area contributed by atoms with Crippen LogP contribution < -0.4 is 26.8 Å². The maximum absolute atomic E-state index is 13.1. The molecule has 1 unspecified atom stereocenters. The molecule has 0 radical (unpaired) electrons. The van der Waals surface area contributed by atoms with Gasteiger partial charge >= 0.3 is 6.09 Å². The summed E-state index contributed by atoms with van der Waals surface area (Å²) < 4.78 is 10.8. The number of alkyl carbamates (subject to hydrolysis) is 1. The van der Waals surface area contributed by atoms with Crippen LogP contribution in [0.4, 0.5) is 10.5 Å². The van der Waals surface area contributed by atoms with Crippen molar-refractivity contribution in [1.82, 2.24) is 5.32 Å². The Morgan fingerprint density at radius 3 is 2.46 bits per heavy atom. The standard InChI is InChI=1S/C25H29N5O4.ClH/c1-33-22-15-19(14-18-10-5-6-11-20(18)22)29-23(31)21(12-7-13-28-24(26)27)30-25(32)34-16-17-8-3-2-4-9-17;/h2-6,8-11,14-15,21H,7,12-13,16H2,1H3,(H,29,31)(H,30,32)(H4,26,27,28);1H. The molecule has 186 valence electrons. The number of nitrogens with two attached hydrogens (primary N) is 2. The van der Waals surface area contributed by atoms with Gasteiger partial charge in [0, 0.05) is 23.7 Å². The molecule has 1 atom stereocenters. The molecule has 3 aromatic rings. The van der Waals surface area contributed by atoms with E-state index >= 15 is 0 Å². The molecule has 0 saturated carbocycles. The monoisotopic (exact) mass is 499 g/mol. The molecule has 3 aromatic carbocycles. The third-order valence-corrected chi connectivity index (χ3v) is 5.08. The molecule has 6 N–H and O–H groups in total. The third-order valence-electron chi connectivity index (χ3n) is 5.08. The highest BCUT2D eigenvalue weighted by Gasteiger charge is 2.22. The Labute approximate surface area is 210 Å². The van der Waals surface area contributed by atoms with E-state index in [1.807, 2.05) is 60.7 Å². The quantitative estimate of drug-likeness (QED) is 0.191. The predicted molar refractivity (Wildman–Crippen MR) is 140 cm³/mol. The predicted octanol–water partition coefficient (Wildman–Crippen LogP) is 3.56. The first-order valence-corrected chi connectivity index (χ1v) is 10.9. The lowest BCUT2D eigenvalue weighted by Gasteiger charge is -2.19. The Morgan fingerprint density at radius 2 is 1.74 bits per heavy atom. The van der Waals surface area contributed by atoms with E-state index in [9.17, 15) is 9.59 Å². The minimum Gasteiger partial charge on any atom is -0.496 e. The minimum absolute atomic E-state index is 0. The molecule has 9 nitrogen and oxygen atoms in total. The first-order chi connectivity index (χ1) is 16.5. The lowest BCUT2D eigenvalue weighted by atomic mass is 10.1. The largest absolute Gasteiger partial charge is 0.496 e. The molecule has 0 heterocycles. The van der Waals surface area contributed by atoms with Gasteiger partial charge in [0.15, 0.2) is 5.96 Å². The van der Waals surface area contributed by atoms with Crippen LogP contribution in [-0.4, -0.2) is 37.7 Å². The van der Waals surface area contributed by atoms with Gasteiger partial charge in [0.25, 0.3) is 0 Å². The van der Waals surface area contributed by atoms with E-state index in [-0.39, 0.29) is 25.0 Å². The summed E-state index contributed by atoms with van der Waals surface area (Å²) in [4.78, 5) is 29.4. The molecular formula is C25H30ClN5O4. The molecule has 3 rings (SSSR count). The van der Waals surface area contributed by atoms with E-state index in [0.29, 0.717) is 30.8 Å². The number of guanidine groups is 1. The van der Waals surface area contributed by atoms with Crippen molar-refractivity contribution in [2.24, 2.45) is 16.5 Å². The summed E-state index contributed by atoms with van der Waals surface area (Å²) in [5.74, 6) is 0.214. The van der Waals surface area contributed by atoms with Crippen molar-refractivity contribution in [2.45, 2.75) is 25.5 Å². The molecule has 35 heavy (non-hydrogen) atoms.